The van der Waals surface area contributed by atoms with Crippen LogP contribution in [0.4, 0.5) is 4.79 Å². The van der Waals surface area contributed by atoms with Crippen LogP contribution in [0.25, 0.3) is 0 Å². The van der Waals surface area contributed by atoms with Gasteiger partial charge in [-0.1, -0.05) is 0 Å². The number of hydrogen-bond acceptors (Lipinski definition) is 4. The molecule has 2 amide bonds. The first-order chi connectivity index (χ1) is 6.61. The Kier molecular flexibility index (Phi) is 3.00. The fourth-order valence-electron chi connectivity index (χ4n) is 0.847. The Morgan fingerprint density at radius 1 is 1.64 bits per heavy atom. The normalized spacial score (nSPS) is 9.71. The molecular weight excluding hydrogens is 190 g/mol. The molecule has 0 aromatic carbocycles. The Morgan fingerprint density at radius 3 is 3.00 bits per heavy atom. The lowest BCUT2D eigenvalue weighted by molar-refractivity contribution is 0.248. The molecule has 0 bridgehead atoms. The Hall–Kier alpha value is -2.12. The van der Waals surface area contributed by atoms with Gasteiger partial charge in [0.05, 0.1) is 0 Å². The average molecular weight is 199 g/mol. The summed E-state index contributed by atoms with van der Waals surface area (Å²) >= 11 is 0. The molecule has 0 saturated heterocycles. The van der Waals surface area contributed by atoms with Gasteiger partial charge < -0.3 is 11.1 Å². The second-order valence-corrected chi connectivity index (χ2v) is 2.48. The Labute approximate surface area is 77.7 Å². The molecule has 0 spiro atoms. The minimum atomic E-state index is -0.799. The van der Waals surface area contributed by atoms with Gasteiger partial charge in [-0.05, 0) is 0 Å². The minimum absolute atomic E-state index is 0.151. The third-order valence-electron chi connectivity index (χ3n) is 1.47. The average Bonchev–Trinajstić information content (AvgIpc) is 2.12. The van der Waals surface area contributed by atoms with Crippen molar-refractivity contribution in [3.05, 3.63) is 27.0 Å². The van der Waals surface area contributed by atoms with Gasteiger partial charge in [0.2, 0.25) is 0 Å². The molecule has 0 unspecified atom stereocenters. The van der Waals surface area contributed by atoms with Crippen LogP contribution < -0.4 is 22.2 Å². The van der Waals surface area contributed by atoms with Gasteiger partial charge in [0.15, 0.2) is 0 Å². The zero-order valence-electron chi connectivity index (χ0n) is 7.19. The smallest absolute Gasteiger partial charge is 0.330 e. The summed E-state index contributed by atoms with van der Waals surface area (Å²) in [5, 5.41) is 7.69. The number of H-pyrrole nitrogens is 1. The van der Waals surface area contributed by atoms with E-state index in [1.165, 1.54) is 6.33 Å². The summed E-state index contributed by atoms with van der Waals surface area (Å²) in [5.41, 5.74) is 3.29. The lowest BCUT2D eigenvalue weighted by Gasteiger charge is -2.03. The first-order valence-corrected chi connectivity index (χ1v) is 3.78. The number of carbonyl (C=O) groups is 1. The SMILES string of the molecule is NC(=O)NCCn1cn[nH]c(=O)c1=O. The second kappa shape index (κ2) is 4.21. The van der Waals surface area contributed by atoms with Crippen molar-refractivity contribution in [2.75, 3.05) is 6.54 Å². The Bertz CT molecular complexity index is 434. The first kappa shape index (κ1) is 9.96. The third-order valence-corrected chi connectivity index (χ3v) is 1.47. The highest BCUT2D eigenvalue weighted by Gasteiger charge is 1.99. The quantitative estimate of drug-likeness (QED) is 0.469. The zero-order chi connectivity index (χ0) is 10.6. The molecule has 0 fully saturated rings. The van der Waals surface area contributed by atoms with E-state index in [-0.39, 0.29) is 13.1 Å². The van der Waals surface area contributed by atoms with Crippen molar-refractivity contribution in [3.8, 4) is 0 Å². The highest BCUT2D eigenvalue weighted by molar-refractivity contribution is 5.71. The molecule has 0 aliphatic heterocycles. The molecule has 0 saturated carbocycles. The van der Waals surface area contributed by atoms with Gasteiger partial charge in [0.25, 0.3) is 0 Å². The molecule has 76 valence electrons. The summed E-state index contributed by atoms with van der Waals surface area (Å²) in [6.45, 7) is 0.319. The fourth-order valence-corrected chi connectivity index (χ4v) is 0.847. The molecule has 0 atom stereocenters. The van der Waals surface area contributed by atoms with Gasteiger partial charge in [0.1, 0.15) is 6.33 Å². The number of nitrogens with zero attached hydrogens (tertiary/aromatic N) is 2. The van der Waals surface area contributed by atoms with E-state index in [2.05, 4.69) is 10.4 Å². The van der Waals surface area contributed by atoms with Gasteiger partial charge in [-0.2, -0.15) is 5.10 Å². The predicted octanol–water partition coefficient (Wildman–Crippen LogP) is -2.40. The van der Waals surface area contributed by atoms with Crippen molar-refractivity contribution in [1.82, 2.24) is 20.1 Å². The van der Waals surface area contributed by atoms with Gasteiger partial charge in [-0.25, -0.2) is 9.89 Å². The Balaban J connectivity index is 2.69. The largest absolute Gasteiger partial charge is 0.352 e. The molecule has 1 heterocycles. The van der Waals surface area contributed by atoms with Crippen LogP contribution in [0.2, 0.25) is 0 Å². The highest BCUT2D eigenvalue weighted by Crippen LogP contribution is 1.71. The second-order valence-electron chi connectivity index (χ2n) is 2.48. The molecule has 1 aromatic rings. The number of nitrogens with one attached hydrogen (secondary N) is 2. The van der Waals surface area contributed by atoms with Crippen molar-refractivity contribution in [1.29, 1.82) is 0 Å². The zero-order valence-corrected chi connectivity index (χ0v) is 7.19. The fraction of sp³-hybridized carbons (Fsp3) is 0.333. The standard InChI is InChI=1S/C6H9N5O3/c7-6(14)8-1-2-11-3-9-10-4(12)5(11)13/h3H,1-2H2,(H,10,12)(H3,7,8,14). The lowest BCUT2D eigenvalue weighted by atomic mass is 10.6. The molecule has 1 rings (SSSR count). The molecule has 1 aromatic heterocycles. The Morgan fingerprint density at radius 2 is 2.36 bits per heavy atom. The molecular formula is C6H9N5O3. The van der Waals surface area contributed by atoms with E-state index in [0.717, 1.165) is 4.57 Å². The number of aromatic nitrogens is 3. The number of hydrogen-bond donors (Lipinski definition) is 3. The number of urea groups is 1. The summed E-state index contributed by atoms with van der Waals surface area (Å²) in [7, 11) is 0. The summed E-state index contributed by atoms with van der Waals surface area (Å²) in [4.78, 5) is 32.1. The van der Waals surface area contributed by atoms with Crippen LogP contribution in [0.5, 0.6) is 0 Å². The minimum Gasteiger partial charge on any atom is -0.352 e. The number of nitrogens with two attached hydrogens (primary N) is 1. The van der Waals surface area contributed by atoms with Crippen LogP contribution in [0.3, 0.4) is 0 Å². The van der Waals surface area contributed by atoms with Gasteiger partial charge in [-0.15, -0.1) is 0 Å². The summed E-state index contributed by atoms with van der Waals surface area (Å²) in [6.07, 6.45) is 1.17. The summed E-state index contributed by atoms with van der Waals surface area (Å²) in [6, 6.07) is -0.684. The topological polar surface area (TPSA) is 123 Å². The van der Waals surface area contributed by atoms with Crippen molar-refractivity contribution >= 4 is 6.03 Å². The van der Waals surface area contributed by atoms with Crippen LogP contribution in [0.1, 0.15) is 0 Å². The lowest BCUT2D eigenvalue weighted by Crippen LogP contribution is -2.40. The van der Waals surface area contributed by atoms with E-state index in [0.29, 0.717) is 0 Å². The van der Waals surface area contributed by atoms with E-state index >= 15 is 0 Å². The van der Waals surface area contributed by atoms with Gasteiger partial charge in [-0.3, -0.25) is 14.2 Å². The van der Waals surface area contributed by atoms with Gasteiger partial charge >= 0.3 is 17.1 Å². The highest BCUT2D eigenvalue weighted by atomic mass is 16.2. The van der Waals surface area contributed by atoms with Crippen LogP contribution >= 0.6 is 0 Å². The van der Waals surface area contributed by atoms with Crippen molar-refractivity contribution < 1.29 is 4.79 Å². The van der Waals surface area contributed by atoms with Crippen LogP contribution in [-0.4, -0.2) is 27.3 Å². The predicted molar refractivity (Wildman–Crippen MR) is 46.7 cm³/mol. The summed E-state index contributed by atoms with van der Waals surface area (Å²) in [5.74, 6) is 0. The maximum Gasteiger partial charge on any atom is 0.330 e. The van der Waals surface area contributed by atoms with E-state index < -0.39 is 17.1 Å². The van der Waals surface area contributed by atoms with Gasteiger partial charge in [0, 0.05) is 13.1 Å². The van der Waals surface area contributed by atoms with Crippen LogP contribution in [0.15, 0.2) is 15.9 Å². The molecule has 8 heteroatoms. The van der Waals surface area contributed by atoms with Crippen LogP contribution in [-0.2, 0) is 6.54 Å². The molecule has 8 nitrogen and oxygen atoms in total. The van der Waals surface area contributed by atoms with E-state index in [1.807, 2.05) is 5.10 Å². The number of primary amides is 1. The summed E-state index contributed by atoms with van der Waals surface area (Å²) < 4.78 is 1.08. The first-order valence-electron chi connectivity index (χ1n) is 3.78. The number of amides is 2. The van der Waals surface area contributed by atoms with E-state index in [4.69, 9.17) is 5.73 Å². The number of aromatic amines is 1. The number of rotatable bonds is 3. The van der Waals surface area contributed by atoms with E-state index in [1.54, 1.807) is 0 Å². The maximum atomic E-state index is 11.1. The third kappa shape index (κ3) is 2.44. The molecule has 14 heavy (non-hydrogen) atoms. The van der Waals surface area contributed by atoms with Crippen molar-refractivity contribution in [2.24, 2.45) is 5.73 Å². The van der Waals surface area contributed by atoms with Crippen molar-refractivity contribution in [2.45, 2.75) is 6.54 Å². The van der Waals surface area contributed by atoms with Crippen LogP contribution in [0, 0.1) is 0 Å². The molecule has 0 aliphatic carbocycles. The molecule has 0 aliphatic rings. The maximum absolute atomic E-state index is 11.1. The number of carbonyl (C=O) groups excluding carboxylic acids is 1. The van der Waals surface area contributed by atoms with Crippen molar-refractivity contribution in [3.63, 3.8) is 0 Å². The monoisotopic (exact) mass is 199 g/mol. The molecule has 0 radical (unpaired) electrons. The van der Waals surface area contributed by atoms with E-state index in [9.17, 15) is 14.4 Å². The molecule has 4 N–H and O–H groups in total.